The Morgan fingerprint density at radius 3 is 2.64 bits per heavy atom. The van der Waals surface area contributed by atoms with Gasteiger partial charge in [-0.15, -0.1) is 22.7 Å². The van der Waals surface area contributed by atoms with Gasteiger partial charge in [-0.1, -0.05) is 24.8 Å². The molecule has 3 nitrogen and oxygen atoms in total. The largest absolute Gasteiger partial charge is 0.508 e. The molecular weight excluding hydrogens is 334 g/mol. The number of carbonyl (C=O) groups is 1. The average molecular weight is 347 g/mol. The molecule has 0 radical (unpaired) electrons. The zero-order valence-electron chi connectivity index (χ0n) is 12.0. The Bertz CT molecular complexity index is 864. The van der Waals surface area contributed by atoms with E-state index in [-0.39, 0.29) is 10.9 Å². The fourth-order valence-electron chi connectivity index (χ4n) is 2.23. The van der Waals surface area contributed by atoms with Crippen molar-refractivity contribution in [3.63, 3.8) is 0 Å². The van der Waals surface area contributed by atoms with Gasteiger partial charge in [0.2, 0.25) is 5.12 Å². The van der Waals surface area contributed by atoms with E-state index >= 15 is 0 Å². The molecule has 2 aromatic heterocycles. The number of phenols is 1. The molecule has 0 aliphatic heterocycles. The van der Waals surface area contributed by atoms with Crippen LogP contribution in [0.1, 0.15) is 20.2 Å². The van der Waals surface area contributed by atoms with E-state index in [0.29, 0.717) is 4.88 Å². The standard InChI is InChI=1S/C16H13NO2S3/c1-8-14(10-4-3-5-11(18)6-10)22-15(17-8)12-7-13(16(19)20)21-9(12)2/h3-7,18H,1-2H3,(H,19,20). The normalized spacial score (nSPS) is 10.9. The van der Waals surface area contributed by atoms with E-state index in [1.807, 2.05) is 32.0 Å². The van der Waals surface area contributed by atoms with Gasteiger partial charge in [0.25, 0.3) is 0 Å². The number of nitrogens with zero attached hydrogens (tertiary/aromatic N) is 1. The van der Waals surface area contributed by atoms with Gasteiger partial charge in [-0.25, -0.2) is 4.98 Å². The highest BCUT2D eigenvalue weighted by Gasteiger charge is 2.17. The van der Waals surface area contributed by atoms with Crippen LogP contribution < -0.4 is 0 Å². The van der Waals surface area contributed by atoms with Crippen LogP contribution in [0.15, 0.2) is 30.3 Å². The predicted molar refractivity (Wildman–Crippen MR) is 95.3 cm³/mol. The Balaban J connectivity index is 2.08. The molecule has 2 heterocycles. The molecule has 0 saturated heterocycles. The van der Waals surface area contributed by atoms with Crippen LogP contribution in [0.5, 0.6) is 5.75 Å². The first-order chi connectivity index (χ1) is 10.5. The molecule has 0 unspecified atom stereocenters. The highest BCUT2D eigenvalue weighted by atomic mass is 32.1. The minimum atomic E-state index is -0.221. The summed E-state index contributed by atoms with van der Waals surface area (Å²) in [6.45, 7) is 3.93. The molecule has 0 aliphatic rings. The maximum Gasteiger partial charge on any atom is 0.226 e. The van der Waals surface area contributed by atoms with Crippen molar-refractivity contribution >= 4 is 40.4 Å². The second-order valence-electron chi connectivity index (χ2n) is 4.87. The number of hydrogen-bond acceptors (Lipinski definition) is 5. The van der Waals surface area contributed by atoms with Crippen LogP contribution in [-0.4, -0.2) is 15.2 Å². The summed E-state index contributed by atoms with van der Waals surface area (Å²) in [4.78, 5) is 18.7. The monoisotopic (exact) mass is 347 g/mol. The molecule has 1 N–H and O–H groups in total. The number of aromatic hydroxyl groups is 1. The van der Waals surface area contributed by atoms with Gasteiger partial charge in [0.15, 0.2) is 0 Å². The molecule has 0 spiro atoms. The first-order valence-corrected chi connectivity index (χ1v) is 8.64. The Labute approximate surface area is 141 Å². The number of aromatic nitrogens is 1. The molecule has 1 aromatic carbocycles. The van der Waals surface area contributed by atoms with Crippen molar-refractivity contribution in [2.45, 2.75) is 13.8 Å². The lowest BCUT2D eigenvalue weighted by atomic mass is 10.1. The number of thiophene rings is 1. The van der Waals surface area contributed by atoms with E-state index in [9.17, 15) is 9.90 Å². The van der Waals surface area contributed by atoms with Crippen LogP contribution in [0.3, 0.4) is 0 Å². The van der Waals surface area contributed by atoms with Crippen LogP contribution in [0.2, 0.25) is 0 Å². The van der Waals surface area contributed by atoms with Crippen molar-refractivity contribution < 1.29 is 9.90 Å². The number of rotatable bonds is 3. The smallest absolute Gasteiger partial charge is 0.226 e. The summed E-state index contributed by atoms with van der Waals surface area (Å²) in [6, 6.07) is 8.99. The van der Waals surface area contributed by atoms with Crippen LogP contribution in [0.25, 0.3) is 21.0 Å². The Kier molecular flexibility index (Phi) is 4.08. The van der Waals surface area contributed by atoms with Crippen LogP contribution in [0, 0.1) is 13.8 Å². The molecule has 0 amide bonds. The summed E-state index contributed by atoms with van der Waals surface area (Å²) in [5, 5.41) is 10.3. The summed E-state index contributed by atoms with van der Waals surface area (Å²) in [5.74, 6) is 0.238. The summed E-state index contributed by atoms with van der Waals surface area (Å²) in [7, 11) is 0. The van der Waals surface area contributed by atoms with Gasteiger partial charge in [-0.2, -0.15) is 0 Å². The number of hydrogen-bond donors (Lipinski definition) is 2. The van der Waals surface area contributed by atoms with E-state index in [4.69, 9.17) is 0 Å². The zero-order valence-corrected chi connectivity index (χ0v) is 14.5. The van der Waals surface area contributed by atoms with Crippen LogP contribution >= 0.6 is 35.3 Å². The highest BCUT2D eigenvalue weighted by Crippen LogP contribution is 2.39. The second-order valence-corrected chi connectivity index (χ2v) is 7.53. The number of phenolic OH excluding ortho intramolecular Hbond substituents is 1. The molecule has 0 saturated carbocycles. The minimum Gasteiger partial charge on any atom is -0.508 e. The van der Waals surface area contributed by atoms with Crippen molar-refractivity contribution in [3.8, 4) is 26.8 Å². The van der Waals surface area contributed by atoms with E-state index in [2.05, 4.69) is 17.6 Å². The van der Waals surface area contributed by atoms with Gasteiger partial charge in [0.1, 0.15) is 10.8 Å². The maximum atomic E-state index is 11.4. The van der Waals surface area contributed by atoms with E-state index < -0.39 is 0 Å². The van der Waals surface area contributed by atoms with Gasteiger partial charge < -0.3 is 5.11 Å². The van der Waals surface area contributed by atoms with Gasteiger partial charge >= 0.3 is 0 Å². The van der Waals surface area contributed by atoms with Gasteiger partial charge in [0, 0.05) is 10.4 Å². The molecule has 0 fully saturated rings. The fraction of sp³-hybridized carbons (Fsp3) is 0.125. The lowest BCUT2D eigenvalue weighted by Crippen LogP contribution is -1.80. The quantitative estimate of drug-likeness (QED) is 0.660. The molecule has 0 atom stereocenters. The van der Waals surface area contributed by atoms with Gasteiger partial charge in [-0.05, 0) is 37.6 Å². The zero-order chi connectivity index (χ0) is 15.9. The highest BCUT2D eigenvalue weighted by molar-refractivity contribution is 7.97. The average Bonchev–Trinajstić information content (AvgIpc) is 3.02. The Hall–Kier alpha value is -1.63. The molecule has 22 heavy (non-hydrogen) atoms. The minimum absolute atomic E-state index is 0.221. The summed E-state index contributed by atoms with van der Waals surface area (Å²) in [6.07, 6.45) is 0. The topological polar surface area (TPSA) is 50.2 Å². The summed E-state index contributed by atoms with van der Waals surface area (Å²) in [5.41, 5.74) is 2.83. The van der Waals surface area contributed by atoms with Crippen molar-refractivity contribution in [2.24, 2.45) is 0 Å². The Morgan fingerprint density at radius 1 is 1.23 bits per heavy atom. The molecule has 3 rings (SSSR count). The fourth-order valence-corrected chi connectivity index (χ4v) is 4.49. The number of carbonyl (C=O) groups excluding carboxylic acids is 1. The second kappa shape index (κ2) is 5.87. The van der Waals surface area contributed by atoms with Gasteiger partial charge in [-0.3, -0.25) is 4.79 Å². The van der Waals surface area contributed by atoms with Crippen molar-refractivity contribution in [2.75, 3.05) is 0 Å². The number of thiazole rings is 1. The summed E-state index contributed by atoms with van der Waals surface area (Å²) >= 11 is 6.87. The first-order valence-electron chi connectivity index (χ1n) is 6.56. The molecule has 112 valence electrons. The molecule has 3 aromatic rings. The van der Waals surface area contributed by atoms with E-state index in [0.717, 1.165) is 31.6 Å². The predicted octanol–water partition coefficient (Wildman–Crippen LogP) is 4.93. The third-order valence-corrected chi connectivity index (χ3v) is 5.95. The lowest BCUT2D eigenvalue weighted by molar-refractivity contribution is 0.109. The first kappa shape index (κ1) is 15.3. The third-order valence-electron chi connectivity index (χ3n) is 3.26. The van der Waals surface area contributed by atoms with Crippen LogP contribution in [0.4, 0.5) is 0 Å². The van der Waals surface area contributed by atoms with Crippen molar-refractivity contribution in [3.05, 3.63) is 45.8 Å². The number of benzene rings is 1. The molecular formula is C16H13NO2S3. The van der Waals surface area contributed by atoms with E-state index in [1.54, 1.807) is 23.5 Å². The number of aryl methyl sites for hydroxylation is 2. The lowest BCUT2D eigenvalue weighted by Gasteiger charge is -1.98. The van der Waals surface area contributed by atoms with Crippen molar-refractivity contribution in [1.29, 1.82) is 0 Å². The van der Waals surface area contributed by atoms with Crippen molar-refractivity contribution in [1.82, 2.24) is 4.98 Å². The molecule has 0 aliphatic carbocycles. The Morgan fingerprint density at radius 2 is 2.00 bits per heavy atom. The SMILES string of the molecule is Cc1nc(-c2cc(C(=O)S)sc2C)sc1-c1cccc(O)c1. The maximum absolute atomic E-state index is 11.4. The van der Waals surface area contributed by atoms with E-state index in [1.165, 1.54) is 11.3 Å². The van der Waals surface area contributed by atoms with Gasteiger partial charge in [0.05, 0.1) is 15.4 Å². The molecule has 6 heteroatoms. The number of thiol groups is 1. The van der Waals surface area contributed by atoms with Crippen LogP contribution in [-0.2, 0) is 0 Å². The summed E-state index contributed by atoms with van der Waals surface area (Å²) < 4.78 is 0. The third kappa shape index (κ3) is 2.82. The molecule has 0 bridgehead atoms.